The van der Waals surface area contributed by atoms with E-state index in [9.17, 15) is 22.0 Å². The molecule has 1 rings (SSSR count). The Morgan fingerprint density at radius 3 is 1.75 bits per heavy atom. The van der Waals surface area contributed by atoms with Gasteiger partial charge in [-0.15, -0.1) is 0 Å². The zero-order valence-electron chi connectivity index (χ0n) is 8.21. The average molecular weight is 241 g/mol. The molecular formula is C9H8F5NO. The van der Waals surface area contributed by atoms with E-state index in [1.165, 1.54) is 7.11 Å². The van der Waals surface area contributed by atoms with Gasteiger partial charge < -0.3 is 10.1 Å². The van der Waals surface area contributed by atoms with Crippen molar-refractivity contribution < 1.29 is 26.7 Å². The molecule has 0 fully saturated rings. The van der Waals surface area contributed by atoms with E-state index in [0.29, 0.717) is 0 Å². The minimum atomic E-state index is -2.17. The lowest BCUT2D eigenvalue weighted by atomic mass is 10.2. The number of hydrogen-bond acceptors (Lipinski definition) is 2. The van der Waals surface area contributed by atoms with Gasteiger partial charge in [0.2, 0.25) is 5.82 Å². The van der Waals surface area contributed by atoms with Gasteiger partial charge in [-0.2, -0.15) is 0 Å². The van der Waals surface area contributed by atoms with Gasteiger partial charge in [0.25, 0.3) is 0 Å². The molecule has 0 aliphatic heterocycles. The predicted molar refractivity (Wildman–Crippen MR) is 46.6 cm³/mol. The largest absolute Gasteiger partial charge is 0.383 e. The Balaban J connectivity index is 3.08. The summed E-state index contributed by atoms with van der Waals surface area (Å²) in [7, 11) is 1.33. The van der Waals surface area contributed by atoms with Crippen molar-refractivity contribution in [3.63, 3.8) is 0 Å². The summed E-state index contributed by atoms with van der Waals surface area (Å²) in [6, 6.07) is 0. The molecule has 0 spiro atoms. The van der Waals surface area contributed by atoms with Gasteiger partial charge in [0.05, 0.1) is 6.61 Å². The lowest BCUT2D eigenvalue weighted by Gasteiger charge is -2.10. The van der Waals surface area contributed by atoms with Crippen molar-refractivity contribution in [2.24, 2.45) is 0 Å². The SMILES string of the molecule is COCCNc1c(F)c(F)c(F)c(F)c1F. The number of benzene rings is 1. The average Bonchev–Trinajstić information content (AvgIpc) is 2.28. The van der Waals surface area contributed by atoms with Crippen molar-refractivity contribution in [2.45, 2.75) is 0 Å². The molecule has 0 aliphatic rings. The molecule has 7 heteroatoms. The summed E-state index contributed by atoms with van der Waals surface area (Å²) in [5, 5.41) is 2.07. The molecule has 0 amide bonds. The number of ether oxygens (including phenoxy) is 1. The second-order valence-electron chi connectivity index (χ2n) is 2.86. The Bertz CT molecular complexity index is 367. The molecule has 0 unspecified atom stereocenters. The van der Waals surface area contributed by atoms with Gasteiger partial charge in [-0.1, -0.05) is 0 Å². The third-order valence-corrected chi connectivity index (χ3v) is 1.82. The third-order valence-electron chi connectivity index (χ3n) is 1.82. The van der Waals surface area contributed by atoms with Crippen LogP contribution in [0.2, 0.25) is 0 Å². The Morgan fingerprint density at radius 2 is 1.31 bits per heavy atom. The number of halogens is 5. The maximum atomic E-state index is 13.0. The molecule has 0 saturated heterocycles. The Hall–Kier alpha value is -1.37. The van der Waals surface area contributed by atoms with Crippen LogP contribution >= 0.6 is 0 Å². The van der Waals surface area contributed by atoms with Crippen molar-refractivity contribution in [1.29, 1.82) is 0 Å². The first-order chi connectivity index (χ1) is 7.50. The Morgan fingerprint density at radius 1 is 0.875 bits per heavy atom. The third kappa shape index (κ3) is 2.24. The highest BCUT2D eigenvalue weighted by molar-refractivity contribution is 5.47. The van der Waals surface area contributed by atoms with Crippen molar-refractivity contribution >= 4 is 5.69 Å². The summed E-state index contributed by atoms with van der Waals surface area (Å²) in [4.78, 5) is 0. The zero-order valence-corrected chi connectivity index (χ0v) is 8.21. The fourth-order valence-electron chi connectivity index (χ4n) is 1.04. The van der Waals surface area contributed by atoms with Crippen LogP contribution in [-0.4, -0.2) is 20.3 Å². The van der Waals surface area contributed by atoms with Crippen LogP contribution in [0.4, 0.5) is 27.6 Å². The van der Waals surface area contributed by atoms with Gasteiger partial charge in [-0.05, 0) is 0 Å². The van der Waals surface area contributed by atoms with Crippen LogP contribution in [0.1, 0.15) is 0 Å². The van der Waals surface area contributed by atoms with Crippen molar-refractivity contribution in [2.75, 3.05) is 25.6 Å². The molecule has 0 aromatic heterocycles. The first-order valence-corrected chi connectivity index (χ1v) is 4.25. The molecule has 1 N–H and O–H groups in total. The predicted octanol–water partition coefficient (Wildman–Crippen LogP) is 2.44. The van der Waals surface area contributed by atoms with Gasteiger partial charge in [-0.25, -0.2) is 22.0 Å². The first-order valence-electron chi connectivity index (χ1n) is 4.25. The van der Waals surface area contributed by atoms with Crippen LogP contribution in [0, 0.1) is 29.1 Å². The topological polar surface area (TPSA) is 21.3 Å². The van der Waals surface area contributed by atoms with Crippen molar-refractivity contribution in [3.8, 4) is 0 Å². The van der Waals surface area contributed by atoms with Crippen LogP contribution in [-0.2, 0) is 4.74 Å². The summed E-state index contributed by atoms with van der Waals surface area (Å²) in [5.74, 6) is -9.88. The summed E-state index contributed by atoms with van der Waals surface area (Å²) in [5.41, 5.74) is -1.05. The van der Waals surface area contributed by atoms with Crippen LogP contribution in [0.15, 0.2) is 0 Å². The van der Waals surface area contributed by atoms with E-state index in [0.717, 1.165) is 0 Å². The first kappa shape index (κ1) is 12.7. The Kier molecular flexibility index (Phi) is 4.05. The molecule has 16 heavy (non-hydrogen) atoms. The monoisotopic (exact) mass is 241 g/mol. The van der Waals surface area contributed by atoms with E-state index in [4.69, 9.17) is 0 Å². The van der Waals surface area contributed by atoms with Crippen LogP contribution in [0.5, 0.6) is 0 Å². The molecule has 2 nitrogen and oxygen atoms in total. The number of anilines is 1. The van der Waals surface area contributed by atoms with Gasteiger partial charge in [0, 0.05) is 13.7 Å². The van der Waals surface area contributed by atoms with Gasteiger partial charge in [0.1, 0.15) is 5.69 Å². The normalized spacial score (nSPS) is 10.6. The van der Waals surface area contributed by atoms with E-state index >= 15 is 0 Å². The van der Waals surface area contributed by atoms with E-state index in [1.54, 1.807) is 0 Å². The summed E-state index contributed by atoms with van der Waals surface area (Å²) in [6.45, 7) is -0.00561. The fourth-order valence-corrected chi connectivity index (χ4v) is 1.04. The molecule has 90 valence electrons. The second kappa shape index (κ2) is 5.11. The molecule has 1 aromatic carbocycles. The van der Waals surface area contributed by atoms with Gasteiger partial charge in [-0.3, -0.25) is 0 Å². The van der Waals surface area contributed by atoms with Crippen LogP contribution < -0.4 is 5.32 Å². The van der Waals surface area contributed by atoms with E-state index in [-0.39, 0.29) is 13.2 Å². The van der Waals surface area contributed by atoms with E-state index < -0.39 is 34.8 Å². The summed E-state index contributed by atoms with van der Waals surface area (Å²) in [6.07, 6.45) is 0. The number of rotatable bonds is 4. The van der Waals surface area contributed by atoms with Gasteiger partial charge >= 0.3 is 0 Å². The molecule has 0 radical (unpaired) electrons. The highest BCUT2D eigenvalue weighted by Crippen LogP contribution is 2.26. The highest BCUT2D eigenvalue weighted by atomic mass is 19.2. The highest BCUT2D eigenvalue weighted by Gasteiger charge is 2.25. The molecule has 0 saturated carbocycles. The standard InChI is InChI=1S/C9H8F5NO/c1-16-3-2-15-9-7(13)5(11)4(10)6(12)8(9)14/h15H,2-3H2,1H3. The minimum Gasteiger partial charge on any atom is -0.383 e. The number of methoxy groups -OCH3 is 1. The van der Waals surface area contributed by atoms with Crippen LogP contribution in [0.3, 0.4) is 0 Å². The van der Waals surface area contributed by atoms with Gasteiger partial charge in [0.15, 0.2) is 23.3 Å². The number of nitrogens with one attached hydrogen (secondary N) is 1. The Labute approximate surface area is 88.0 Å². The number of hydrogen-bond donors (Lipinski definition) is 1. The molecule has 0 bridgehead atoms. The van der Waals surface area contributed by atoms with Crippen LogP contribution in [0.25, 0.3) is 0 Å². The lowest BCUT2D eigenvalue weighted by molar-refractivity contribution is 0.210. The lowest BCUT2D eigenvalue weighted by Crippen LogP contribution is -2.13. The van der Waals surface area contributed by atoms with E-state index in [1.807, 2.05) is 0 Å². The summed E-state index contributed by atoms with van der Waals surface area (Å²) >= 11 is 0. The summed E-state index contributed by atoms with van der Waals surface area (Å²) < 4.78 is 68.5. The molecular weight excluding hydrogens is 233 g/mol. The molecule has 0 aliphatic carbocycles. The molecule has 1 aromatic rings. The van der Waals surface area contributed by atoms with Crippen molar-refractivity contribution in [1.82, 2.24) is 0 Å². The second-order valence-corrected chi connectivity index (χ2v) is 2.86. The fraction of sp³-hybridized carbons (Fsp3) is 0.333. The quantitative estimate of drug-likeness (QED) is 0.378. The smallest absolute Gasteiger partial charge is 0.200 e. The minimum absolute atomic E-state index is 0.0689. The van der Waals surface area contributed by atoms with E-state index in [2.05, 4.69) is 10.1 Å². The maximum Gasteiger partial charge on any atom is 0.200 e. The zero-order chi connectivity index (χ0) is 12.3. The van der Waals surface area contributed by atoms with Crippen molar-refractivity contribution in [3.05, 3.63) is 29.1 Å². The molecule has 0 heterocycles. The maximum absolute atomic E-state index is 13.0. The molecule has 0 atom stereocenters.